The smallest absolute Gasteiger partial charge is 0.276 e. The number of fused-ring (bicyclic) bond motifs is 1. The van der Waals surface area contributed by atoms with E-state index in [1.807, 2.05) is 31.5 Å². The van der Waals surface area contributed by atoms with E-state index in [1.165, 1.54) is 22.7 Å². The fraction of sp³-hybridized carbons (Fsp3) is 0.118. The van der Waals surface area contributed by atoms with Crippen molar-refractivity contribution in [3.05, 3.63) is 52.5 Å². The molecule has 0 unspecified atom stereocenters. The van der Waals surface area contributed by atoms with Crippen LogP contribution in [-0.2, 0) is 7.05 Å². The standard InChI is InChI=1S/C17H14N4OS2/c1-10-8-24-17(18-10)20-15(22)12-9-23-16(19-12)14-7-11-5-3-4-6-13(11)21(14)2/h3-9H,1-2H3,(H,18,20,22). The van der Waals surface area contributed by atoms with Gasteiger partial charge in [0.1, 0.15) is 10.7 Å². The molecule has 0 radical (unpaired) electrons. The first-order valence-electron chi connectivity index (χ1n) is 7.35. The van der Waals surface area contributed by atoms with Crippen molar-refractivity contribution in [2.45, 2.75) is 6.92 Å². The number of amides is 1. The molecule has 3 aromatic heterocycles. The highest BCUT2D eigenvalue weighted by Gasteiger charge is 2.16. The third-order valence-electron chi connectivity index (χ3n) is 3.75. The molecule has 0 saturated carbocycles. The molecule has 0 bridgehead atoms. The molecule has 0 spiro atoms. The van der Waals surface area contributed by atoms with Crippen LogP contribution in [0.5, 0.6) is 0 Å². The minimum atomic E-state index is -0.231. The minimum absolute atomic E-state index is 0.231. The van der Waals surface area contributed by atoms with Gasteiger partial charge in [-0.25, -0.2) is 9.97 Å². The Morgan fingerprint density at radius 1 is 1.17 bits per heavy atom. The number of thiazole rings is 2. The number of aryl methyl sites for hydroxylation is 2. The Labute approximate surface area is 146 Å². The molecule has 1 amide bonds. The Kier molecular flexibility index (Phi) is 3.66. The Hall–Kier alpha value is -2.51. The fourth-order valence-electron chi connectivity index (χ4n) is 2.56. The number of carbonyl (C=O) groups is 1. The normalized spacial score (nSPS) is 11.1. The van der Waals surface area contributed by atoms with Gasteiger partial charge in [0.2, 0.25) is 0 Å². The van der Waals surface area contributed by atoms with E-state index in [9.17, 15) is 4.79 Å². The Morgan fingerprint density at radius 2 is 2.00 bits per heavy atom. The summed E-state index contributed by atoms with van der Waals surface area (Å²) in [5.74, 6) is -0.231. The van der Waals surface area contributed by atoms with Crippen LogP contribution in [0.3, 0.4) is 0 Å². The van der Waals surface area contributed by atoms with Gasteiger partial charge in [-0.2, -0.15) is 0 Å². The number of nitrogens with one attached hydrogen (secondary N) is 1. The third-order valence-corrected chi connectivity index (χ3v) is 5.49. The molecule has 0 fully saturated rings. The Balaban J connectivity index is 1.64. The first-order chi connectivity index (χ1) is 11.6. The summed E-state index contributed by atoms with van der Waals surface area (Å²) >= 11 is 2.88. The highest BCUT2D eigenvalue weighted by atomic mass is 32.1. The van der Waals surface area contributed by atoms with Crippen molar-refractivity contribution in [2.75, 3.05) is 5.32 Å². The van der Waals surface area contributed by atoms with Gasteiger partial charge in [0.25, 0.3) is 5.91 Å². The zero-order valence-corrected chi connectivity index (χ0v) is 14.7. The van der Waals surface area contributed by atoms with Gasteiger partial charge < -0.3 is 4.57 Å². The van der Waals surface area contributed by atoms with Crippen LogP contribution in [0.4, 0.5) is 5.13 Å². The maximum absolute atomic E-state index is 12.3. The number of anilines is 1. The summed E-state index contributed by atoms with van der Waals surface area (Å²) in [6.45, 7) is 1.90. The molecule has 120 valence electrons. The Bertz CT molecular complexity index is 1040. The zero-order chi connectivity index (χ0) is 16.7. The van der Waals surface area contributed by atoms with Crippen LogP contribution in [0.2, 0.25) is 0 Å². The topological polar surface area (TPSA) is 59.8 Å². The van der Waals surface area contributed by atoms with E-state index in [0.29, 0.717) is 10.8 Å². The number of rotatable bonds is 3. The SMILES string of the molecule is Cc1csc(NC(=O)c2csc(-c3cc4ccccc4n3C)n2)n1. The van der Waals surface area contributed by atoms with Gasteiger partial charge >= 0.3 is 0 Å². The van der Waals surface area contributed by atoms with Gasteiger partial charge in [-0.1, -0.05) is 18.2 Å². The van der Waals surface area contributed by atoms with Gasteiger partial charge in [-0.15, -0.1) is 22.7 Å². The van der Waals surface area contributed by atoms with E-state index in [1.54, 1.807) is 5.38 Å². The summed E-state index contributed by atoms with van der Waals surface area (Å²) < 4.78 is 2.10. The van der Waals surface area contributed by atoms with Crippen LogP contribution in [0, 0.1) is 6.92 Å². The maximum Gasteiger partial charge on any atom is 0.276 e. The quantitative estimate of drug-likeness (QED) is 0.596. The van der Waals surface area contributed by atoms with E-state index >= 15 is 0 Å². The average molecular weight is 354 g/mol. The number of para-hydroxylation sites is 1. The van der Waals surface area contributed by atoms with Gasteiger partial charge in [-0.05, 0) is 19.1 Å². The molecule has 4 rings (SSSR count). The van der Waals surface area contributed by atoms with Gasteiger partial charge in [0.15, 0.2) is 5.13 Å². The largest absolute Gasteiger partial charge is 0.342 e. The van der Waals surface area contributed by atoms with Gasteiger partial charge in [-0.3, -0.25) is 10.1 Å². The second kappa shape index (κ2) is 5.85. The van der Waals surface area contributed by atoms with Gasteiger partial charge in [0, 0.05) is 28.7 Å². The van der Waals surface area contributed by atoms with Crippen LogP contribution in [0.15, 0.2) is 41.1 Å². The summed E-state index contributed by atoms with van der Waals surface area (Å²) in [5.41, 5.74) is 3.45. The highest BCUT2D eigenvalue weighted by molar-refractivity contribution is 7.14. The molecule has 0 aliphatic carbocycles. The molecular weight excluding hydrogens is 340 g/mol. The average Bonchev–Trinajstić information content (AvgIpc) is 3.27. The second-order valence-electron chi connectivity index (χ2n) is 5.43. The molecular formula is C17H14N4OS2. The van der Waals surface area contributed by atoms with E-state index in [-0.39, 0.29) is 5.91 Å². The Morgan fingerprint density at radius 3 is 2.75 bits per heavy atom. The summed E-state index contributed by atoms with van der Waals surface area (Å²) in [7, 11) is 2.01. The second-order valence-corrected chi connectivity index (χ2v) is 7.15. The summed E-state index contributed by atoms with van der Waals surface area (Å²) in [6, 6.07) is 10.3. The van der Waals surface area contributed by atoms with E-state index in [0.717, 1.165) is 27.3 Å². The molecule has 0 aliphatic rings. The van der Waals surface area contributed by atoms with E-state index < -0.39 is 0 Å². The molecule has 0 atom stereocenters. The number of hydrogen-bond donors (Lipinski definition) is 1. The predicted octanol–water partition coefficient (Wildman–Crippen LogP) is 4.32. The molecule has 0 aliphatic heterocycles. The molecule has 5 nitrogen and oxygen atoms in total. The summed E-state index contributed by atoms with van der Waals surface area (Å²) in [5, 5.41) is 9.06. The molecule has 0 saturated heterocycles. The van der Waals surface area contributed by atoms with Crippen LogP contribution < -0.4 is 5.32 Å². The molecule has 1 N–H and O–H groups in total. The van der Waals surface area contributed by atoms with Crippen LogP contribution >= 0.6 is 22.7 Å². The first-order valence-corrected chi connectivity index (χ1v) is 9.11. The van der Waals surface area contributed by atoms with Crippen molar-refractivity contribution in [3.63, 3.8) is 0 Å². The highest BCUT2D eigenvalue weighted by Crippen LogP contribution is 2.29. The number of carbonyl (C=O) groups excluding carboxylic acids is 1. The molecule has 4 aromatic rings. The van der Waals surface area contributed by atoms with Crippen molar-refractivity contribution in [1.82, 2.24) is 14.5 Å². The monoisotopic (exact) mass is 354 g/mol. The summed E-state index contributed by atoms with van der Waals surface area (Å²) in [6.07, 6.45) is 0. The number of aromatic nitrogens is 3. The van der Waals surface area contributed by atoms with Crippen molar-refractivity contribution in [1.29, 1.82) is 0 Å². The molecule has 3 heterocycles. The maximum atomic E-state index is 12.3. The summed E-state index contributed by atoms with van der Waals surface area (Å²) in [4.78, 5) is 21.1. The zero-order valence-electron chi connectivity index (χ0n) is 13.1. The first kappa shape index (κ1) is 15.0. The van der Waals surface area contributed by atoms with Gasteiger partial charge in [0.05, 0.1) is 11.4 Å². The van der Waals surface area contributed by atoms with Crippen LogP contribution in [0.25, 0.3) is 21.6 Å². The predicted molar refractivity (Wildman–Crippen MR) is 98.8 cm³/mol. The number of nitrogens with zero attached hydrogens (tertiary/aromatic N) is 3. The lowest BCUT2D eigenvalue weighted by atomic mass is 10.2. The number of hydrogen-bond acceptors (Lipinski definition) is 5. The molecule has 24 heavy (non-hydrogen) atoms. The lowest BCUT2D eigenvalue weighted by Crippen LogP contribution is -2.12. The third kappa shape index (κ3) is 2.61. The number of benzene rings is 1. The van der Waals surface area contributed by atoms with Crippen molar-refractivity contribution >= 4 is 44.6 Å². The van der Waals surface area contributed by atoms with E-state index in [4.69, 9.17) is 0 Å². The van der Waals surface area contributed by atoms with Crippen molar-refractivity contribution in [3.8, 4) is 10.7 Å². The van der Waals surface area contributed by atoms with Crippen LogP contribution in [0.1, 0.15) is 16.2 Å². The molecule has 7 heteroatoms. The van der Waals surface area contributed by atoms with E-state index in [2.05, 4.69) is 38.1 Å². The fourth-order valence-corrected chi connectivity index (χ4v) is 4.10. The van der Waals surface area contributed by atoms with Crippen LogP contribution in [-0.4, -0.2) is 20.4 Å². The molecule has 1 aromatic carbocycles. The van der Waals surface area contributed by atoms with Crippen molar-refractivity contribution in [2.24, 2.45) is 7.05 Å². The minimum Gasteiger partial charge on any atom is -0.342 e. The lowest BCUT2D eigenvalue weighted by molar-refractivity contribution is 0.102. The lowest BCUT2D eigenvalue weighted by Gasteiger charge is -2.00. The van der Waals surface area contributed by atoms with Crippen molar-refractivity contribution < 1.29 is 4.79 Å².